The van der Waals surface area contributed by atoms with Gasteiger partial charge in [0.05, 0.1) is 0 Å². The molecule has 1 aliphatic heterocycles. The summed E-state index contributed by atoms with van der Waals surface area (Å²) in [4.78, 5) is 14.1. The van der Waals surface area contributed by atoms with Crippen molar-refractivity contribution in [1.82, 2.24) is 15.5 Å². The minimum absolute atomic E-state index is 0.329. The highest BCUT2D eigenvalue weighted by Gasteiger charge is 2.23. The van der Waals surface area contributed by atoms with Gasteiger partial charge in [-0.15, -0.1) is 0 Å². The van der Waals surface area contributed by atoms with Gasteiger partial charge in [0.25, 0.3) is 0 Å². The molecule has 1 heterocycles. The van der Waals surface area contributed by atoms with Gasteiger partial charge in [0.1, 0.15) is 5.60 Å². The van der Waals surface area contributed by atoms with Gasteiger partial charge in [-0.2, -0.15) is 0 Å². The summed E-state index contributed by atoms with van der Waals surface area (Å²) in [5, 5.41) is 6.33. The number of likely N-dealkylation sites (tertiary alicyclic amines) is 1. The van der Waals surface area contributed by atoms with Crippen molar-refractivity contribution in [1.29, 1.82) is 0 Å². The molecular formula is C17H35N3O2. The first kappa shape index (κ1) is 19.2. The fourth-order valence-electron chi connectivity index (χ4n) is 2.83. The first-order chi connectivity index (χ1) is 10.3. The maximum atomic E-state index is 11.5. The van der Waals surface area contributed by atoms with Gasteiger partial charge in [-0.3, -0.25) is 4.90 Å². The van der Waals surface area contributed by atoms with E-state index >= 15 is 0 Å². The van der Waals surface area contributed by atoms with E-state index < -0.39 is 5.60 Å². The van der Waals surface area contributed by atoms with Gasteiger partial charge in [0.15, 0.2) is 0 Å². The average molecular weight is 313 g/mol. The Kier molecular flexibility index (Phi) is 8.18. The Morgan fingerprint density at radius 1 is 1.18 bits per heavy atom. The van der Waals surface area contributed by atoms with Crippen molar-refractivity contribution >= 4 is 6.09 Å². The number of hydrogen-bond acceptors (Lipinski definition) is 4. The number of rotatable bonds is 8. The van der Waals surface area contributed by atoms with E-state index in [2.05, 4.69) is 29.4 Å². The lowest BCUT2D eigenvalue weighted by Gasteiger charge is -2.31. The summed E-state index contributed by atoms with van der Waals surface area (Å²) >= 11 is 0. The van der Waals surface area contributed by atoms with Crippen molar-refractivity contribution in [2.75, 3.05) is 32.7 Å². The molecule has 0 radical (unpaired) electrons. The lowest BCUT2D eigenvalue weighted by molar-refractivity contribution is 0.0527. The standard InChI is InChI=1S/C17H35N3O2/c1-14(2)15(20-11-6-7-12-20)13-18-9-8-10-19-16(21)22-17(3,4)5/h14-15,18H,6-13H2,1-5H3,(H,19,21). The van der Waals surface area contributed by atoms with Crippen LogP contribution in [-0.4, -0.2) is 55.4 Å². The second kappa shape index (κ2) is 9.36. The fourth-order valence-corrected chi connectivity index (χ4v) is 2.83. The minimum atomic E-state index is -0.428. The number of amides is 1. The van der Waals surface area contributed by atoms with Crippen LogP contribution in [0.1, 0.15) is 53.9 Å². The zero-order chi connectivity index (χ0) is 16.6. The van der Waals surface area contributed by atoms with Gasteiger partial charge >= 0.3 is 6.09 Å². The van der Waals surface area contributed by atoms with Crippen LogP contribution in [0.15, 0.2) is 0 Å². The quantitative estimate of drug-likeness (QED) is 0.676. The molecule has 0 aliphatic carbocycles. The predicted molar refractivity (Wildman–Crippen MR) is 91.2 cm³/mol. The van der Waals surface area contributed by atoms with Crippen molar-refractivity contribution in [2.24, 2.45) is 5.92 Å². The number of carbonyl (C=O) groups is 1. The third-order valence-corrected chi connectivity index (χ3v) is 3.93. The van der Waals surface area contributed by atoms with Gasteiger partial charge in [0, 0.05) is 19.1 Å². The zero-order valence-corrected chi connectivity index (χ0v) is 15.1. The highest BCUT2D eigenvalue weighted by atomic mass is 16.6. The summed E-state index contributed by atoms with van der Waals surface area (Å²) in [6, 6.07) is 0.626. The molecule has 1 amide bonds. The molecule has 130 valence electrons. The number of carbonyl (C=O) groups excluding carboxylic acids is 1. The third-order valence-electron chi connectivity index (χ3n) is 3.93. The van der Waals surface area contributed by atoms with E-state index in [-0.39, 0.29) is 6.09 Å². The number of hydrogen-bond donors (Lipinski definition) is 2. The first-order valence-electron chi connectivity index (χ1n) is 8.71. The highest BCUT2D eigenvalue weighted by molar-refractivity contribution is 5.67. The number of nitrogens with zero attached hydrogens (tertiary/aromatic N) is 1. The summed E-state index contributed by atoms with van der Waals surface area (Å²) in [6.07, 6.45) is 3.26. The Hall–Kier alpha value is -0.810. The molecule has 0 aromatic rings. The van der Waals surface area contributed by atoms with Crippen LogP contribution in [0.2, 0.25) is 0 Å². The molecule has 1 rings (SSSR count). The van der Waals surface area contributed by atoms with Crippen LogP contribution in [0.5, 0.6) is 0 Å². The van der Waals surface area contributed by atoms with Crippen molar-refractivity contribution in [3.63, 3.8) is 0 Å². The first-order valence-corrected chi connectivity index (χ1v) is 8.71. The van der Waals surface area contributed by atoms with Crippen molar-refractivity contribution in [2.45, 2.75) is 65.5 Å². The molecule has 1 aliphatic rings. The molecular weight excluding hydrogens is 278 g/mol. The van der Waals surface area contributed by atoms with Gasteiger partial charge < -0.3 is 15.4 Å². The minimum Gasteiger partial charge on any atom is -0.444 e. The van der Waals surface area contributed by atoms with E-state index in [1.54, 1.807) is 0 Å². The lowest BCUT2D eigenvalue weighted by Crippen LogP contribution is -2.44. The molecule has 0 bridgehead atoms. The average Bonchev–Trinajstić information content (AvgIpc) is 2.88. The number of alkyl carbamates (subject to hydrolysis) is 1. The van der Waals surface area contributed by atoms with Crippen LogP contribution in [-0.2, 0) is 4.74 Å². The van der Waals surface area contributed by atoms with Crippen LogP contribution in [0.3, 0.4) is 0 Å². The van der Waals surface area contributed by atoms with Crippen LogP contribution in [0, 0.1) is 5.92 Å². The Labute approximate surface area is 136 Å². The third kappa shape index (κ3) is 7.99. The van der Waals surface area contributed by atoms with Crippen LogP contribution in [0.4, 0.5) is 4.79 Å². The van der Waals surface area contributed by atoms with E-state index in [4.69, 9.17) is 4.74 Å². The van der Waals surface area contributed by atoms with E-state index in [0.717, 1.165) is 19.5 Å². The van der Waals surface area contributed by atoms with E-state index in [1.807, 2.05) is 20.8 Å². The summed E-state index contributed by atoms with van der Waals surface area (Å²) in [6.45, 7) is 15.3. The van der Waals surface area contributed by atoms with Gasteiger partial charge in [-0.1, -0.05) is 13.8 Å². The molecule has 0 aromatic carbocycles. The lowest BCUT2D eigenvalue weighted by atomic mass is 10.0. The van der Waals surface area contributed by atoms with E-state index in [0.29, 0.717) is 18.5 Å². The Bertz CT molecular complexity index is 320. The second-order valence-corrected chi connectivity index (χ2v) is 7.54. The van der Waals surface area contributed by atoms with E-state index in [9.17, 15) is 4.79 Å². The van der Waals surface area contributed by atoms with Gasteiger partial charge in [-0.25, -0.2) is 4.79 Å². The summed E-state index contributed by atoms with van der Waals surface area (Å²) in [7, 11) is 0. The number of nitrogens with one attached hydrogen (secondary N) is 2. The molecule has 2 N–H and O–H groups in total. The molecule has 5 nitrogen and oxygen atoms in total. The zero-order valence-electron chi connectivity index (χ0n) is 15.1. The van der Waals surface area contributed by atoms with Gasteiger partial charge in [0.2, 0.25) is 0 Å². The molecule has 0 spiro atoms. The molecule has 22 heavy (non-hydrogen) atoms. The SMILES string of the molecule is CC(C)C(CNCCCNC(=O)OC(C)(C)C)N1CCCC1. The highest BCUT2D eigenvalue weighted by Crippen LogP contribution is 2.17. The fraction of sp³-hybridized carbons (Fsp3) is 0.941. The summed E-state index contributed by atoms with van der Waals surface area (Å²) < 4.78 is 5.20. The molecule has 0 saturated carbocycles. The predicted octanol–water partition coefficient (Wildman–Crippen LogP) is 2.61. The molecule has 0 aromatic heterocycles. The molecule has 1 unspecified atom stereocenters. The maximum absolute atomic E-state index is 11.5. The Balaban J connectivity index is 2.10. The molecule has 1 saturated heterocycles. The normalized spacial score (nSPS) is 17.7. The summed E-state index contributed by atoms with van der Waals surface area (Å²) in [5.74, 6) is 0.672. The monoisotopic (exact) mass is 313 g/mol. The largest absolute Gasteiger partial charge is 0.444 e. The second-order valence-electron chi connectivity index (χ2n) is 7.54. The smallest absolute Gasteiger partial charge is 0.407 e. The molecule has 5 heteroatoms. The van der Waals surface area contributed by atoms with Crippen molar-refractivity contribution in [3.8, 4) is 0 Å². The van der Waals surface area contributed by atoms with Crippen LogP contribution >= 0.6 is 0 Å². The van der Waals surface area contributed by atoms with Crippen LogP contribution < -0.4 is 10.6 Å². The van der Waals surface area contributed by atoms with Crippen molar-refractivity contribution in [3.05, 3.63) is 0 Å². The van der Waals surface area contributed by atoms with Crippen molar-refractivity contribution < 1.29 is 9.53 Å². The summed E-state index contributed by atoms with van der Waals surface area (Å²) in [5.41, 5.74) is -0.428. The number of ether oxygens (including phenoxy) is 1. The topological polar surface area (TPSA) is 53.6 Å². The van der Waals surface area contributed by atoms with Gasteiger partial charge in [-0.05, 0) is 65.6 Å². The Morgan fingerprint density at radius 3 is 2.36 bits per heavy atom. The molecule has 1 fully saturated rings. The van der Waals surface area contributed by atoms with E-state index in [1.165, 1.54) is 25.9 Å². The van der Waals surface area contributed by atoms with Crippen LogP contribution in [0.25, 0.3) is 0 Å². The molecule has 1 atom stereocenters. The Morgan fingerprint density at radius 2 is 1.82 bits per heavy atom. The maximum Gasteiger partial charge on any atom is 0.407 e.